The summed E-state index contributed by atoms with van der Waals surface area (Å²) in [5.41, 5.74) is -0.741. The Hall–Kier alpha value is -1.92. The molecule has 0 amide bonds. The fourth-order valence-corrected chi connectivity index (χ4v) is 0.857. The maximum Gasteiger partial charge on any atom is 0.347 e. The van der Waals surface area contributed by atoms with Crippen LogP contribution >= 0.6 is 0 Å². The molecule has 0 aliphatic carbocycles. The van der Waals surface area contributed by atoms with Gasteiger partial charge in [0, 0.05) is 0 Å². The molecule has 0 saturated carbocycles. The Morgan fingerprint density at radius 3 is 2.00 bits per heavy atom. The van der Waals surface area contributed by atoms with Gasteiger partial charge in [0.15, 0.2) is 18.5 Å². The first-order chi connectivity index (χ1) is 9.04. The van der Waals surface area contributed by atoms with Crippen molar-refractivity contribution in [3.8, 4) is 0 Å². The number of carbonyl (C=O) groups is 4. The van der Waals surface area contributed by atoms with Gasteiger partial charge in [0.2, 0.25) is 0 Å². The fourth-order valence-electron chi connectivity index (χ4n) is 0.857. The highest BCUT2D eigenvalue weighted by atomic mass is 16.6. The van der Waals surface area contributed by atoms with Gasteiger partial charge in [0.1, 0.15) is 6.61 Å². The SMILES string of the molecule is CC(=O)COC(=O)COC(=O)C(C)OC(=O)C(C)(C)C. The van der Waals surface area contributed by atoms with E-state index < -0.39 is 36.0 Å². The lowest BCUT2D eigenvalue weighted by atomic mass is 9.97. The van der Waals surface area contributed by atoms with E-state index >= 15 is 0 Å². The predicted molar refractivity (Wildman–Crippen MR) is 67.6 cm³/mol. The Kier molecular flexibility index (Phi) is 6.89. The van der Waals surface area contributed by atoms with E-state index in [1.807, 2.05) is 0 Å². The van der Waals surface area contributed by atoms with Gasteiger partial charge in [0.05, 0.1) is 5.41 Å². The van der Waals surface area contributed by atoms with E-state index in [0.29, 0.717) is 0 Å². The van der Waals surface area contributed by atoms with Gasteiger partial charge in [-0.25, -0.2) is 9.59 Å². The lowest BCUT2D eigenvalue weighted by Gasteiger charge is -2.19. The zero-order valence-corrected chi connectivity index (χ0v) is 12.3. The Morgan fingerprint density at radius 1 is 1.00 bits per heavy atom. The minimum Gasteiger partial charge on any atom is -0.455 e. The summed E-state index contributed by atoms with van der Waals surface area (Å²) in [6.45, 7) is 6.53. The van der Waals surface area contributed by atoms with Gasteiger partial charge in [-0.3, -0.25) is 9.59 Å². The monoisotopic (exact) mass is 288 g/mol. The summed E-state index contributed by atoms with van der Waals surface area (Å²) < 4.78 is 14.0. The Bertz CT molecular complexity index is 392. The maximum atomic E-state index is 11.5. The second kappa shape index (κ2) is 7.62. The number of Topliss-reactive ketones (excluding diaryl/α,β-unsaturated/α-hetero) is 1. The molecule has 0 spiro atoms. The molecule has 0 aromatic carbocycles. The number of rotatable bonds is 6. The van der Waals surface area contributed by atoms with E-state index in [1.165, 1.54) is 13.8 Å². The van der Waals surface area contributed by atoms with Crippen molar-refractivity contribution in [2.45, 2.75) is 40.7 Å². The highest BCUT2D eigenvalue weighted by molar-refractivity contribution is 5.84. The molecule has 0 bridgehead atoms. The quantitative estimate of drug-likeness (QED) is 0.522. The van der Waals surface area contributed by atoms with Crippen molar-refractivity contribution < 1.29 is 33.4 Å². The van der Waals surface area contributed by atoms with Crippen LogP contribution in [0.1, 0.15) is 34.6 Å². The van der Waals surface area contributed by atoms with Crippen molar-refractivity contribution in [1.82, 2.24) is 0 Å². The summed E-state index contributed by atoms with van der Waals surface area (Å²) in [5.74, 6) is -2.58. The second-order valence-electron chi connectivity index (χ2n) is 5.27. The molecular weight excluding hydrogens is 268 g/mol. The third kappa shape index (κ3) is 7.50. The molecule has 114 valence electrons. The molecule has 0 aliphatic heterocycles. The molecule has 0 fully saturated rings. The van der Waals surface area contributed by atoms with Gasteiger partial charge < -0.3 is 14.2 Å². The van der Waals surface area contributed by atoms with Crippen LogP contribution in [0.3, 0.4) is 0 Å². The Balaban J connectivity index is 4.12. The summed E-state index contributed by atoms with van der Waals surface area (Å²) in [5, 5.41) is 0. The number of ketones is 1. The molecule has 7 nitrogen and oxygen atoms in total. The third-order valence-corrected chi connectivity index (χ3v) is 2.00. The minimum absolute atomic E-state index is 0.322. The fraction of sp³-hybridized carbons (Fsp3) is 0.692. The lowest BCUT2D eigenvalue weighted by Crippen LogP contribution is -2.33. The van der Waals surface area contributed by atoms with Crippen LogP contribution in [0, 0.1) is 5.41 Å². The summed E-state index contributed by atoms with van der Waals surface area (Å²) in [6.07, 6.45) is -1.12. The number of hydrogen-bond acceptors (Lipinski definition) is 7. The zero-order chi connectivity index (χ0) is 15.9. The molecule has 0 aromatic rings. The van der Waals surface area contributed by atoms with E-state index in [9.17, 15) is 19.2 Å². The zero-order valence-electron chi connectivity index (χ0n) is 12.3. The first kappa shape index (κ1) is 18.1. The van der Waals surface area contributed by atoms with Crippen molar-refractivity contribution in [2.75, 3.05) is 13.2 Å². The van der Waals surface area contributed by atoms with Gasteiger partial charge in [-0.05, 0) is 34.6 Å². The first-order valence-corrected chi connectivity index (χ1v) is 6.07. The highest BCUT2D eigenvalue weighted by Gasteiger charge is 2.28. The molecule has 20 heavy (non-hydrogen) atoms. The molecule has 0 saturated heterocycles. The number of carbonyl (C=O) groups excluding carboxylic acids is 4. The third-order valence-electron chi connectivity index (χ3n) is 2.00. The molecule has 0 rings (SSSR count). The average molecular weight is 288 g/mol. The molecular formula is C13H20O7. The predicted octanol–water partition coefficient (Wildman–Crippen LogP) is 0.640. The van der Waals surface area contributed by atoms with E-state index in [2.05, 4.69) is 9.47 Å². The van der Waals surface area contributed by atoms with Crippen molar-refractivity contribution in [1.29, 1.82) is 0 Å². The second-order valence-corrected chi connectivity index (χ2v) is 5.27. The van der Waals surface area contributed by atoms with Gasteiger partial charge in [-0.1, -0.05) is 0 Å². The van der Waals surface area contributed by atoms with Gasteiger partial charge in [-0.2, -0.15) is 0 Å². The normalized spacial score (nSPS) is 12.2. The van der Waals surface area contributed by atoms with Crippen molar-refractivity contribution in [2.24, 2.45) is 5.41 Å². The molecule has 0 N–H and O–H groups in total. The molecule has 1 atom stereocenters. The topological polar surface area (TPSA) is 96.0 Å². The number of ether oxygens (including phenoxy) is 3. The summed E-state index contributed by atoms with van der Waals surface area (Å²) in [7, 11) is 0. The van der Waals surface area contributed by atoms with Crippen LogP contribution in [0.2, 0.25) is 0 Å². The van der Waals surface area contributed by atoms with Gasteiger partial charge >= 0.3 is 17.9 Å². The smallest absolute Gasteiger partial charge is 0.347 e. The molecule has 0 aromatic heterocycles. The number of hydrogen-bond donors (Lipinski definition) is 0. The summed E-state index contributed by atoms with van der Waals surface area (Å²) in [6, 6.07) is 0. The standard InChI is InChI=1S/C13H20O7/c1-8(14)6-18-10(15)7-19-11(16)9(2)20-12(17)13(3,4)5/h9H,6-7H2,1-5H3. The summed E-state index contributed by atoms with van der Waals surface area (Å²) >= 11 is 0. The first-order valence-electron chi connectivity index (χ1n) is 6.07. The van der Waals surface area contributed by atoms with Gasteiger partial charge in [0.25, 0.3) is 0 Å². The van der Waals surface area contributed by atoms with Crippen molar-refractivity contribution in [3.63, 3.8) is 0 Å². The lowest BCUT2D eigenvalue weighted by molar-refractivity contribution is -0.174. The molecule has 0 radical (unpaired) electrons. The van der Waals surface area contributed by atoms with Crippen LogP contribution in [0.15, 0.2) is 0 Å². The molecule has 7 heteroatoms. The molecule has 1 unspecified atom stereocenters. The summed E-state index contributed by atoms with van der Waals surface area (Å²) in [4.78, 5) is 44.7. The van der Waals surface area contributed by atoms with Crippen LogP contribution in [0.4, 0.5) is 0 Å². The van der Waals surface area contributed by atoms with Crippen LogP contribution in [-0.2, 0) is 33.4 Å². The van der Waals surface area contributed by atoms with E-state index in [1.54, 1.807) is 20.8 Å². The van der Waals surface area contributed by atoms with Crippen LogP contribution in [0.5, 0.6) is 0 Å². The van der Waals surface area contributed by atoms with Crippen LogP contribution < -0.4 is 0 Å². The van der Waals surface area contributed by atoms with Crippen LogP contribution in [-0.4, -0.2) is 43.0 Å². The van der Waals surface area contributed by atoms with Crippen molar-refractivity contribution in [3.05, 3.63) is 0 Å². The maximum absolute atomic E-state index is 11.5. The average Bonchev–Trinajstić information content (AvgIpc) is 2.31. The molecule has 0 aliphatic rings. The van der Waals surface area contributed by atoms with E-state index in [-0.39, 0.29) is 12.4 Å². The van der Waals surface area contributed by atoms with Gasteiger partial charge in [-0.15, -0.1) is 0 Å². The van der Waals surface area contributed by atoms with E-state index in [4.69, 9.17) is 4.74 Å². The van der Waals surface area contributed by atoms with E-state index in [0.717, 1.165) is 0 Å². The largest absolute Gasteiger partial charge is 0.455 e. The minimum atomic E-state index is -1.12. The van der Waals surface area contributed by atoms with Crippen LogP contribution in [0.25, 0.3) is 0 Å². The highest BCUT2D eigenvalue weighted by Crippen LogP contribution is 2.16. The Morgan fingerprint density at radius 2 is 1.55 bits per heavy atom. The Labute approximate surface area is 117 Å². The molecule has 0 heterocycles. The van der Waals surface area contributed by atoms with Crippen molar-refractivity contribution >= 4 is 23.7 Å². The number of esters is 3.